The highest BCUT2D eigenvalue weighted by atomic mass is 19.4. The number of rotatable bonds is 8. The Morgan fingerprint density at radius 2 is 0.505 bits per heavy atom. The molecule has 0 radical (unpaired) electrons. The third kappa shape index (κ3) is 283. The summed E-state index contributed by atoms with van der Waals surface area (Å²) in [7, 11) is 0. The number of carbonyl (C=O) groups excluding carboxylic acids is 5. The Morgan fingerprint density at radius 3 is 0.515 bits per heavy atom. The first-order chi connectivity index (χ1) is 43.5. The standard InChI is InChI=1S/C5H6F4O.C5H8F4.C4H3F5O.C4H9FO.C4H8O.C4H10.C3H3F3O.C3H5F3.C3H8.C2H3FO.9C2H5F.2CH2F2.2CH4/c1-3(10)4(2,6)5(7,8)9;1-3-4(2,6)5(7,8)9;1-2(10)3(5,6)4(7,8)9;1-2-3-6-4-5;1-3-4(2)5;1-3-4-2;1-2(7)3(4,5)6;1-2-3(4,5)6;1-3-2;1-2(3)4;9*1-2-3;2*2-1-3;;/h1-2H3;3H2,1-2H3;1H3;2-4H2,1H3;3H2,1-2H3;3-4H2,1-2H3;1H3;2H2,1H3;3H2,1-2H3;1H3;9*2H2,1H3;2*1H2;2*1H4. The molecule has 40 heteroatoms. The van der Waals surface area contributed by atoms with E-state index in [1.807, 2.05) is 13.8 Å². The van der Waals surface area contributed by atoms with Crippen LogP contribution in [0.2, 0.25) is 0 Å². The molecule has 0 amide bonds. The van der Waals surface area contributed by atoms with Crippen molar-refractivity contribution in [1.29, 1.82) is 0 Å². The first kappa shape index (κ1) is 162. The van der Waals surface area contributed by atoms with Crippen LogP contribution < -0.4 is 0 Å². The third-order valence-corrected chi connectivity index (χ3v) is 5.47. The molecule has 0 heterocycles. The van der Waals surface area contributed by atoms with Crippen LogP contribution in [0.15, 0.2) is 0 Å². The Labute approximate surface area is 568 Å². The zero-order valence-electron chi connectivity index (χ0n) is 59.9. The molecule has 2 atom stereocenters. The quantitative estimate of drug-likeness (QED) is 0.137. The van der Waals surface area contributed by atoms with Crippen molar-refractivity contribution in [3.8, 4) is 0 Å². The van der Waals surface area contributed by atoms with E-state index in [1.165, 1.54) is 81.6 Å². The van der Waals surface area contributed by atoms with E-state index < -0.39 is 105 Å². The lowest BCUT2D eigenvalue weighted by atomic mass is 10.0. The fourth-order valence-electron chi connectivity index (χ4n) is 0.799. The zero-order chi connectivity index (χ0) is 84.7. The molecule has 0 aliphatic rings. The average Bonchev–Trinajstić information content (AvgIpc) is 3.42. The molecular formula is C59H120F34O6. The summed E-state index contributed by atoms with van der Waals surface area (Å²) in [5.74, 6) is -10.4. The van der Waals surface area contributed by atoms with Crippen molar-refractivity contribution in [2.45, 2.75) is 274 Å². The molecule has 0 N–H and O–H groups in total. The highest BCUT2D eigenvalue weighted by Gasteiger charge is 2.61. The number of carbonyl (C=O) groups is 5. The van der Waals surface area contributed by atoms with Gasteiger partial charge in [0.2, 0.25) is 31.1 Å². The lowest BCUT2D eigenvalue weighted by molar-refractivity contribution is -0.267. The van der Waals surface area contributed by atoms with Gasteiger partial charge < -0.3 is 9.53 Å². The fourth-order valence-corrected chi connectivity index (χ4v) is 0.799. The van der Waals surface area contributed by atoms with Gasteiger partial charge in [0.15, 0.2) is 12.6 Å². The SMILES string of the molecule is C.C.CC(=O)C(C)(F)C(F)(F)F.CC(=O)C(F)(F)C(F)(F)F.CC(=O)C(F)(F)F.CC(=O)F.CCC.CCC(C)(F)C(F)(F)F.CCC(C)=O.CCC(F)(F)F.CCCC.CCCOCF.CCF.CCF.CCF.CCF.CCF.CCF.CCF.CCF.CCF.FCF.FCF. The summed E-state index contributed by atoms with van der Waals surface area (Å²) in [6, 6.07) is -1.33. The summed E-state index contributed by atoms with van der Waals surface area (Å²) < 4.78 is 371. The van der Waals surface area contributed by atoms with Gasteiger partial charge in [-0.2, -0.15) is 79.0 Å². The van der Waals surface area contributed by atoms with Gasteiger partial charge in [-0.15, -0.1) is 0 Å². The van der Waals surface area contributed by atoms with Crippen LogP contribution in [0.4, 0.5) is 149 Å². The average molecular weight is 1570 g/mol. The molecule has 0 spiro atoms. The van der Waals surface area contributed by atoms with E-state index in [2.05, 4.69) is 32.4 Å². The summed E-state index contributed by atoms with van der Waals surface area (Å²) in [4.78, 5) is 47.6. The molecule has 0 bridgehead atoms. The van der Waals surface area contributed by atoms with Gasteiger partial charge in [0.05, 0.1) is 60.1 Å². The molecule has 6 nitrogen and oxygen atoms in total. The van der Waals surface area contributed by atoms with E-state index >= 15 is 0 Å². The van der Waals surface area contributed by atoms with E-state index in [1.54, 1.807) is 6.92 Å². The van der Waals surface area contributed by atoms with Crippen molar-refractivity contribution >= 4 is 29.2 Å². The van der Waals surface area contributed by atoms with Gasteiger partial charge in [0.25, 0.3) is 11.7 Å². The molecule has 0 fully saturated rings. The Kier molecular flexibility index (Phi) is 208. The van der Waals surface area contributed by atoms with E-state index in [0.29, 0.717) is 33.8 Å². The summed E-state index contributed by atoms with van der Waals surface area (Å²) in [5, 5.41) is 0. The van der Waals surface area contributed by atoms with Gasteiger partial charge in [0.1, 0.15) is 5.78 Å². The van der Waals surface area contributed by atoms with E-state index in [4.69, 9.17) is 4.79 Å². The van der Waals surface area contributed by atoms with Crippen LogP contribution in [-0.2, 0) is 28.7 Å². The topological polar surface area (TPSA) is 94.6 Å². The lowest BCUT2D eigenvalue weighted by Crippen LogP contribution is -2.43. The highest BCUT2D eigenvalue weighted by molar-refractivity contribution is 5.85. The third-order valence-electron chi connectivity index (χ3n) is 5.47. The second kappa shape index (κ2) is 127. The number of Topliss-reactive ketones (excluding diaryl/α,β-unsaturated/α-hetero) is 4. The second-order valence-corrected chi connectivity index (χ2v) is 14.6. The monoisotopic (exact) mass is 1570 g/mol. The number of ketones is 4. The van der Waals surface area contributed by atoms with Crippen LogP contribution >= 0.6 is 0 Å². The molecule has 0 aliphatic heterocycles. The van der Waals surface area contributed by atoms with Gasteiger partial charge in [-0.05, 0) is 103 Å². The summed E-state index contributed by atoms with van der Waals surface area (Å²) in [6.45, 7) is 26.3. The minimum Gasteiger partial charge on any atom is -0.351 e. The maximum atomic E-state index is 12.2. The van der Waals surface area contributed by atoms with Crippen molar-refractivity contribution in [2.75, 3.05) is 87.4 Å². The molecule has 0 rings (SSSR count). The van der Waals surface area contributed by atoms with E-state index in [9.17, 15) is 168 Å². The molecule has 0 saturated carbocycles. The lowest BCUT2D eigenvalue weighted by Gasteiger charge is -2.20. The van der Waals surface area contributed by atoms with Gasteiger partial charge in [0, 0.05) is 40.2 Å². The van der Waals surface area contributed by atoms with Gasteiger partial charge >= 0.3 is 36.8 Å². The van der Waals surface area contributed by atoms with Crippen LogP contribution in [-0.4, -0.2) is 165 Å². The van der Waals surface area contributed by atoms with E-state index in [-0.39, 0.29) is 94.6 Å². The normalized spacial score (nSPS) is 10.2. The van der Waals surface area contributed by atoms with Crippen molar-refractivity contribution in [3.05, 3.63) is 0 Å². The van der Waals surface area contributed by atoms with Crippen molar-refractivity contribution in [3.63, 3.8) is 0 Å². The molecule has 2 unspecified atom stereocenters. The predicted molar refractivity (Wildman–Crippen MR) is 331 cm³/mol. The van der Waals surface area contributed by atoms with Crippen LogP contribution in [0.1, 0.15) is 226 Å². The molecular weight excluding hydrogens is 1450 g/mol. The molecule has 0 aromatic carbocycles. The summed E-state index contributed by atoms with van der Waals surface area (Å²) in [5.41, 5.74) is -6.72. The Bertz CT molecular complexity index is 1260. The molecule has 630 valence electrons. The van der Waals surface area contributed by atoms with Gasteiger partial charge in [-0.25, -0.2) is 30.7 Å². The number of hydrogen-bond acceptors (Lipinski definition) is 6. The molecule has 0 aromatic rings. The number of unbranched alkanes of at least 4 members (excludes halogenated alkanes) is 1. The molecule has 0 aromatic heterocycles. The number of halogens is 34. The first-order valence-corrected chi connectivity index (χ1v) is 28.2. The van der Waals surface area contributed by atoms with E-state index in [0.717, 1.165) is 27.2 Å². The number of hydrogen-bond donors (Lipinski definition) is 0. The molecule has 0 saturated heterocycles. The Balaban J connectivity index is -0.0000000297. The van der Waals surface area contributed by atoms with Crippen LogP contribution in [0.3, 0.4) is 0 Å². The number of alkyl halides is 33. The first-order valence-electron chi connectivity index (χ1n) is 28.2. The summed E-state index contributed by atoms with van der Waals surface area (Å²) in [6.07, 6.45) is -20.0. The smallest absolute Gasteiger partial charge is 0.351 e. The fraction of sp³-hybridized carbons (Fsp3) is 0.915. The second-order valence-electron chi connectivity index (χ2n) is 14.6. The maximum Gasteiger partial charge on any atom is 0.461 e. The minimum absolute atomic E-state index is 0. The zero-order valence-corrected chi connectivity index (χ0v) is 59.9. The van der Waals surface area contributed by atoms with Gasteiger partial charge in [-0.1, -0.05) is 89.5 Å². The van der Waals surface area contributed by atoms with Crippen LogP contribution in [0, 0.1) is 0 Å². The Morgan fingerprint density at radius 1 is 0.333 bits per heavy atom. The molecule has 99 heavy (non-hydrogen) atoms. The van der Waals surface area contributed by atoms with Crippen molar-refractivity contribution < 1.29 is 178 Å². The van der Waals surface area contributed by atoms with Crippen molar-refractivity contribution in [1.82, 2.24) is 0 Å². The predicted octanol–water partition coefficient (Wildman–Crippen LogP) is 27.3. The van der Waals surface area contributed by atoms with Crippen molar-refractivity contribution in [2.24, 2.45) is 0 Å². The summed E-state index contributed by atoms with van der Waals surface area (Å²) >= 11 is 0. The van der Waals surface area contributed by atoms with Crippen LogP contribution in [0.5, 0.6) is 0 Å². The van der Waals surface area contributed by atoms with Crippen LogP contribution in [0.25, 0.3) is 0 Å². The largest absolute Gasteiger partial charge is 0.461 e. The Hall–Kier alpha value is -4.07. The minimum atomic E-state index is -5.77. The highest BCUT2D eigenvalue weighted by Crippen LogP contribution is 2.37. The maximum absolute atomic E-state index is 12.2. The molecule has 0 aliphatic carbocycles. The van der Waals surface area contributed by atoms with Gasteiger partial charge in [-0.3, -0.25) is 58.7 Å². The number of ether oxygens (including phenoxy) is 1.